The van der Waals surface area contributed by atoms with Crippen molar-refractivity contribution in [3.63, 3.8) is 0 Å². The average molecular weight is 848 g/mol. The highest BCUT2D eigenvalue weighted by molar-refractivity contribution is 8.76. The highest BCUT2D eigenvalue weighted by Gasteiger charge is 2.50. The molecule has 0 fully saturated rings. The first-order valence-corrected chi connectivity index (χ1v) is 22.9. The predicted molar refractivity (Wildman–Crippen MR) is 224 cm³/mol. The average Bonchev–Trinajstić information content (AvgIpc) is 3.19. The van der Waals surface area contributed by atoms with Gasteiger partial charge in [-0.1, -0.05) is 62.8 Å². The third-order valence-corrected chi connectivity index (χ3v) is 11.5. The quantitative estimate of drug-likeness (QED) is 0.0276. The lowest BCUT2D eigenvalue weighted by Crippen LogP contribution is -2.44. The summed E-state index contributed by atoms with van der Waals surface area (Å²) in [7, 11) is 4.70. The molecule has 0 spiro atoms. The van der Waals surface area contributed by atoms with E-state index in [0.717, 1.165) is 37.1 Å². The van der Waals surface area contributed by atoms with Gasteiger partial charge in [0.15, 0.2) is 0 Å². The monoisotopic (exact) mass is 847 g/mol. The van der Waals surface area contributed by atoms with E-state index in [1.807, 2.05) is 25.1 Å². The smallest absolute Gasteiger partial charge is 0.311 e. The summed E-state index contributed by atoms with van der Waals surface area (Å²) in [6, 6.07) is 5.71. The fourth-order valence-electron chi connectivity index (χ4n) is 6.03. The SMILES string of the molecule is CCCCCCCCOC(=O)C(C)(CC(C)(C)C(=O)OCCSSc1ccccn1)CC(C)(CC)C(=O)OCCOCCOCCOCCOCCOCCOC. The number of pyridine rings is 1. The molecule has 330 valence electrons. The van der Waals surface area contributed by atoms with Crippen LogP contribution in [-0.2, 0) is 57.0 Å². The summed E-state index contributed by atoms with van der Waals surface area (Å²) in [4.78, 5) is 45.2. The van der Waals surface area contributed by atoms with Gasteiger partial charge in [-0.15, -0.1) is 0 Å². The number of unbranched alkanes of at least 4 members (excludes halogenated alkanes) is 5. The number of ether oxygens (including phenoxy) is 9. The van der Waals surface area contributed by atoms with Gasteiger partial charge in [0.2, 0.25) is 0 Å². The molecule has 0 aromatic carbocycles. The number of esters is 3. The number of hydrogen-bond acceptors (Lipinski definition) is 15. The Kier molecular flexibility index (Phi) is 30.5. The first-order chi connectivity index (χ1) is 27.4. The Hall–Kier alpha value is -1.98. The second-order valence-electron chi connectivity index (χ2n) is 15.0. The van der Waals surface area contributed by atoms with Gasteiger partial charge in [0.1, 0.15) is 18.2 Å². The molecule has 0 radical (unpaired) electrons. The molecule has 1 heterocycles. The predicted octanol–water partition coefficient (Wildman–Crippen LogP) is 7.77. The van der Waals surface area contributed by atoms with E-state index in [1.165, 1.54) is 17.2 Å². The minimum Gasteiger partial charge on any atom is -0.465 e. The summed E-state index contributed by atoms with van der Waals surface area (Å²) in [5, 5.41) is 0.882. The van der Waals surface area contributed by atoms with Gasteiger partial charge >= 0.3 is 17.9 Å². The molecule has 57 heavy (non-hydrogen) atoms. The van der Waals surface area contributed by atoms with E-state index >= 15 is 0 Å². The van der Waals surface area contributed by atoms with Crippen LogP contribution in [-0.4, -0.2) is 128 Å². The topological polar surface area (TPSA) is 147 Å². The Morgan fingerprint density at radius 3 is 1.63 bits per heavy atom. The normalized spacial score (nSPS) is 13.8. The minimum absolute atomic E-state index is 0.0581. The molecule has 0 N–H and O–H groups in total. The van der Waals surface area contributed by atoms with Gasteiger partial charge in [0.25, 0.3) is 0 Å². The molecule has 0 amide bonds. The van der Waals surface area contributed by atoms with E-state index < -0.39 is 34.2 Å². The largest absolute Gasteiger partial charge is 0.465 e. The van der Waals surface area contributed by atoms with E-state index in [9.17, 15) is 14.4 Å². The third-order valence-electron chi connectivity index (χ3n) is 9.22. The Morgan fingerprint density at radius 1 is 0.579 bits per heavy atom. The maximum absolute atomic E-state index is 13.9. The van der Waals surface area contributed by atoms with Crippen LogP contribution in [0.5, 0.6) is 0 Å². The lowest BCUT2D eigenvalue weighted by atomic mass is 9.65. The van der Waals surface area contributed by atoms with Gasteiger partial charge in [-0.3, -0.25) is 14.4 Å². The molecule has 0 saturated heterocycles. The van der Waals surface area contributed by atoms with Crippen molar-refractivity contribution in [3.8, 4) is 0 Å². The molecular formula is C42H73NO12S2. The number of rotatable bonds is 38. The molecular weight excluding hydrogens is 775 g/mol. The molecule has 15 heteroatoms. The zero-order valence-electron chi connectivity index (χ0n) is 35.9. The number of aromatic nitrogens is 1. The Bertz CT molecular complexity index is 1180. The van der Waals surface area contributed by atoms with Crippen LogP contribution in [0.4, 0.5) is 0 Å². The summed E-state index contributed by atoms with van der Waals surface area (Å²) >= 11 is 0. The minimum atomic E-state index is -1.16. The molecule has 0 aliphatic rings. The molecule has 2 atom stereocenters. The van der Waals surface area contributed by atoms with Gasteiger partial charge in [-0.25, -0.2) is 4.98 Å². The maximum Gasteiger partial charge on any atom is 0.311 e. The van der Waals surface area contributed by atoms with Gasteiger partial charge in [0, 0.05) is 19.1 Å². The molecule has 1 rings (SSSR count). The molecule has 0 aliphatic heterocycles. The van der Waals surface area contributed by atoms with E-state index in [2.05, 4.69) is 11.9 Å². The van der Waals surface area contributed by atoms with Crippen LogP contribution >= 0.6 is 21.6 Å². The molecule has 1 aromatic rings. The van der Waals surface area contributed by atoms with E-state index in [1.54, 1.807) is 51.8 Å². The van der Waals surface area contributed by atoms with Crippen molar-refractivity contribution >= 4 is 39.5 Å². The van der Waals surface area contributed by atoms with Crippen molar-refractivity contribution in [3.05, 3.63) is 24.4 Å². The first kappa shape index (κ1) is 53.0. The zero-order chi connectivity index (χ0) is 42.1. The van der Waals surface area contributed by atoms with Crippen molar-refractivity contribution < 1.29 is 57.0 Å². The Labute approximate surface area is 350 Å². The maximum atomic E-state index is 13.9. The van der Waals surface area contributed by atoms with Crippen molar-refractivity contribution in [2.24, 2.45) is 16.2 Å². The molecule has 0 saturated carbocycles. The number of hydrogen-bond donors (Lipinski definition) is 0. The fourth-order valence-corrected chi connectivity index (χ4v) is 7.74. The fraction of sp³-hybridized carbons (Fsp3) is 0.810. The summed E-state index contributed by atoms with van der Waals surface area (Å²) in [6.45, 7) is 16.7. The number of methoxy groups -OCH3 is 1. The molecule has 0 bridgehead atoms. The van der Waals surface area contributed by atoms with Crippen LogP contribution in [0.3, 0.4) is 0 Å². The molecule has 1 aromatic heterocycles. The first-order valence-electron chi connectivity index (χ1n) is 20.5. The van der Waals surface area contributed by atoms with Crippen LogP contribution in [0.2, 0.25) is 0 Å². The molecule has 13 nitrogen and oxygen atoms in total. The number of carbonyl (C=O) groups is 3. The second kappa shape index (κ2) is 32.8. The van der Waals surface area contributed by atoms with Crippen LogP contribution in [0, 0.1) is 16.2 Å². The van der Waals surface area contributed by atoms with E-state index in [0.29, 0.717) is 84.8 Å². The molecule has 0 aliphatic carbocycles. The van der Waals surface area contributed by atoms with Gasteiger partial charge in [-0.2, -0.15) is 0 Å². The number of nitrogens with zero attached hydrogens (tertiary/aromatic N) is 1. The van der Waals surface area contributed by atoms with Crippen molar-refractivity contribution in [1.29, 1.82) is 0 Å². The zero-order valence-corrected chi connectivity index (χ0v) is 37.6. The summed E-state index contributed by atoms with van der Waals surface area (Å²) in [6.07, 6.45) is 8.80. The third kappa shape index (κ3) is 25.3. The summed E-state index contributed by atoms with van der Waals surface area (Å²) in [5.74, 6) is -0.678. The van der Waals surface area contributed by atoms with Crippen molar-refractivity contribution in [2.45, 2.75) is 104 Å². The highest BCUT2D eigenvalue weighted by Crippen LogP contribution is 2.46. The van der Waals surface area contributed by atoms with Gasteiger partial charge < -0.3 is 42.6 Å². The van der Waals surface area contributed by atoms with Crippen LogP contribution < -0.4 is 0 Å². The van der Waals surface area contributed by atoms with Crippen LogP contribution in [0.15, 0.2) is 29.4 Å². The summed E-state index contributed by atoms with van der Waals surface area (Å²) < 4.78 is 49.5. The lowest BCUT2D eigenvalue weighted by Gasteiger charge is -2.39. The number of carbonyl (C=O) groups excluding carboxylic acids is 3. The van der Waals surface area contributed by atoms with E-state index in [-0.39, 0.29) is 32.7 Å². The van der Waals surface area contributed by atoms with Crippen LogP contribution in [0.1, 0.15) is 99.3 Å². The molecule has 2 unspecified atom stereocenters. The standard InChI is InChI=1S/C42H73NO12S2/c1-8-10-11-12-13-16-19-53-39(46)42(6,34-40(3,4)37(44)55-32-33-56-57-36-17-14-15-18-43-36)35-41(5,9-2)38(45)54-31-30-52-29-28-51-27-26-50-25-24-49-23-22-48-21-20-47-7/h14-15,17-18H,8-13,16,19-35H2,1-7H3. The van der Waals surface area contributed by atoms with E-state index in [4.69, 9.17) is 42.6 Å². The Balaban J connectivity index is 2.59. The van der Waals surface area contributed by atoms with Gasteiger partial charge in [-0.05, 0) is 76.3 Å². The van der Waals surface area contributed by atoms with Crippen molar-refractivity contribution in [2.75, 3.05) is 105 Å². The lowest BCUT2D eigenvalue weighted by molar-refractivity contribution is -0.169. The second-order valence-corrected chi connectivity index (χ2v) is 17.5. The van der Waals surface area contributed by atoms with Crippen molar-refractivity contribution in [1.82, 2.24) is 4.98 Å². The van der Waals surface area contributed by atoms with Crippen LogP contribution in [0.25, 0.3) is 0 Å². The van der Waals surface area contributed by atoms with Gasteiger partial charge in [0.05, 0.1) is 95.5 Å². The highest BCUT2D eigenvalue weighted by atomic mass is 33.1. The Morgan fingerprint density at radius 2 is 1.09 bits per heavy atom. The summed E-state index contributed by atoms with van der Waals surface area (Å²) in [5.41, 5.74) is -3.21.